The van der Waals surface area contributed by atoms with E-state index in [1.807, 2.05) is 12.1 Å². The van der Waals surface area contributed by atoms with E-state index >= 15 is 0 Å². The highest BCUT2D eigenvalue weighted by molar-refractivity contribution is 6.17. The second-order valence-electron chi connectivity index (χ2n) is 6.27. The molecule has 0 aliphatic heterocycles. The average molecular weight is 308 g/mol. The predicted molar refractivity (Wildman–Crippen MR) is 85.0 cm³/mol. The molecule has 0 bridgehead atoms. The summed E-state index contributed by atoms with van der Waals surface area (Å²) >= 11 is 5.95. The number of hydrogen-bond donors (Lipinski definition) is 0. The molecule has 0 saturated heterocycles. The minimum Gasteiger partial charge on any atom is -0.481 e. The summed E-state index contributed by atoms with van der Waals surface area (Å²) in [4.78, 5) is 9.31. The summed E-state index contributed by atoms with van der Waals surface area (Å²) in [5.41, 5.74) is 2.25. The first kappa shape index (κ1) is 14.6. The Bertz CT molecular complexity index is 646. The Morgan fingerprint density at radius 1 is 1.33 bits per heavy atom. The normalized spacial score (nSPS) is 16.6. The van der Waals surface area contributed by atoms with Crippen LogP contribution in [0.4, 0.5) is 0 Å². The SMILES string of the molecule is COc1ccc2nc(CCCl)n(CC3(C(C)C)CC3)c2n1. The zero-order chi connectivity index (χ0) is 15.0. The van der Waals surface area contributed by atoms with Crippen LogP contribution in [0.15, 0.2) is 12.1 Å². The summed E-state index contributed by atoms with van der Waals surface area (Å²) < 4.78 is 7.52. The van der Waals surface area contributed by atoms with E-state index in [1.165, 1.54) is 12.8 Å². The molecule has 1 aliphatic carbocycles. The van der Waals surface area contributed by atoms with Crippen molar-refractivity contribution in [3.05, 3.63) is 18.0 Å². The molecule has 0 atom stereocenters. The molecular formula is C16H22ClN3O. The van der Waals surface area contributed by atoms with Crippen LogP contribution in [0.25, 0.3) is 11.2 Å². The molecule has 4 nitrogen and oxygen atoms in total. The third kappa shape index (κ3) is 2.61. The first-order valence-corrected chi connectivity index (χ1v) is 8.09. The first-order valence-electron chi connectivity index (χ1n) is 7.56. The van der Waals surface area contributed by atoms with Crippen LogP contribution in [-0.4, -0.2) is 27.5 Å². The minimum absolute atomic E-state index is 0.402. The van der Waals surface area contributed by atoms with Crippen molar-refractivity contribution < 1.29 is 4.74 Å². The van der Waals surface area contributed by atoms with Crippen LogP contribution in [0, 0.1) is 11.3 Å². The van der Waals surface area contributed by atoms with Gasteiger partial charge in [-0.05, 0) is 30.2 Å². The lowest BCUT2D eigenvalue weighted by Crippen LogP contribution is -2.19. The molecule has 5 heteroatoms. The van der Waals surface area contributed by atoms with Crippen LogP contribution in [-0.2, 0) is 13.0 Å². The third-order valence-electron chi connectivity index (χ3n) is 4.76. The monoisotopic (exact) mass is 307 g/mol. The zero-order valence-electron chi connectivity index (χ0n) is 12.9. The molecule has 21 heavy (non-hydrogen) atoms. The molecule has 1 aliphatic rings. The predicted octanol–water partition coefficient (Wildman–Crippen LogP) is 3.66. The van der Waals surface area contributed by atoms with Gasteiger partial charge in [-0.15, -0.1) is 11.6 Å². The Balaban J connectivity index is 2.06. The summed E-state index contributed by atoms with van der Waals surface area (Å²) in [7, 11) is 1.64. The van der Waals surface area contributed by atoms with Crippen molar-refractivity contribution in [1.82, 2.24) is 14.5 Å². The molecule has 2 heterocycles. The van der Waals surface area contributed by atoms with E-state index in [4.69, 9.17) is 21.3 Å². The lowest BCUT2D eigenvalue weighted by atomic mass is 9.92. The quantitative estimate of drug-likeness (QED) is 0.765. The van der Waals surface area contributed by atoms with E-state index in [0.29, 0.717) is 23.1 Å². The largest absolute Gasteiger partial charge is 0.481 e. The number of methoxy groups -OCH3 is 1. The molecule has 2 aromatic rings. The molecule has 0 spiro atoms. The fraction of sp³-hybridized carbons (Fsp3) is 0.625. The molecule has 0 aromatic carbocycles. The van der Waals surface area contributed by atoms with Gasteiger partial charge in [0.2, 0.25) is 5.88 Å². The number of aromatic nitrogens is 3. The number of hydrogen-bond acceptors (Lipinski definition) is 3. The van der Waals surface area contributed by atoms with Crippen LogP contribution in [0.5, 0.6) is 5.88 Å². The lowest BCUT2D eigenvalue weighted by molar-refractivity contribution is 0.308. The Kier molecular flexibility index (Phi) is 3.82. The van der Waals surface area contributed by atoms with Crippen LogP contribution < -0.4 is 4.74 Å². The number of alkyl halides is 1. The summed E-state index contributed by atoms with van der Waals surface area (Å²) in [6.07, 6.45) is 3.34. The number of fused-ring (bicyclic) bond motifs is 1. The van der Waals surface area contributed by atoms with E-state index in [0.717, 1.165) is 30.0 Å². The Hall–Kier alpha value is -1.29. The van der Waals surface area contributed by atoms with Crippen molar-refractivity contribution >= 4 is 22.8 Å². The number of halogens is 1. The van der Waals surface area contributed by atoms with E-state index in [2.05, 4.69) is 23.4 Å². The van der Waals surface area contributed by atoms with E-state index < -0.39 is 0 Å². The van der Waals surface area contributed by atoms with E-state index in [1.54, 1.807) is 7.11 Å². The van der Waals surface area contributed by atoms with Gasteiger partial charge in [-0.3, -0.25) is 0 Å². The van der Waals surface area contributed by atoms with Crippen LogP contribution in [0.1, 0.15) is 32.5 Å². The van der Waals surface area contributed by atoms with Gasteiger partial charge in [0.15, 0.2) is 5.65 Å². The van der Waals surface area contributed by atoms with Crippen molar-refractivity contribution in [2.75, 3.05) is 13.0 Å². The summed E-state index contributed by atoms with van der Waals surface area (Å²) in [6, 6.07) is 3.84. The number of ether oxygens (including phenoxy) is 1. The third-order valence-corrected chi connectivity index (χ3v) is 4.95. The molecule has 0 radical (unpaired) electrons. The second kappa shape index (κ2) is 5.48. The molecule has 1 fully saturated rings. The topological polar surface area (TPSA) is 39.9 Å². The molecule has 1 saturated carbocycles. The Morgan fingerprint density at radius 3 is 2.67 bits per heavy atom. The van der Waals surface area contributed by atoms with Crippen LogP contribution in [0.2, 0.25) is 0 Å². The lowest BCUT2D eigenvalue weighted by Gasteiger charge is -2.21. The van der Waals surface area contributed by atoms with Crippen LogP contribution in [0.3, 0.4) is 0 Å². The molecule has 0 amide bonds. The van der Waals surface area contributed by atoms with Gasteiger partial charge in [-0.2, -0.15) is 4.98 Å². The highest BCUT2D eigenvalue weighted by Gasteiger charge is 2.46. The molecule has 114 valence electrons. The average Bonchev–Trinajstić information content (AvgIpc) is 3.19. The minimum atomic E-state index is 0.402. The molecule has 0 unspecified atom stereocenters. The van der Waals surface area contributed by atoms with Gasteiger partial charge in [0.05, 0.1) is 7.11 Å². The number of pyridine rings is 1. The number of aryl methyl sites for hydroxylation is 1. The number of nitrogens with zero attached hydrogens (tertiary/aromatic N) is 3. The van der Waals surface area contributed by atoms with Gasteiger partial charge in [-0.1, -0.05) is 13.8 Å². The van der Waals surface area contributed by atoms with Gasteiger partial charge in [0.1, 0.15) is 11.3 Å². The first-order chi connectivity index (χ1) is 10.1. The standard InChI is InChI=1S/C16H22ClN3O/c1-11(2)16(7-8-16)10-20-13(6-9-17)18-12-4-5-14(21-3)19-15(12)20/h4-5,11H,6-10H2,1-3H3. The summed E-state index contributed by atoms with van der Waals surface area (Å²) in [5.74, 6) is 2.92. The van der Waals surface area contributed by atoms with E-state index in [-0.39, 0.29) is 0 Å². The highest BCUT2D eigenvalue weighted by atomic mass is 35.5. The molecule has 3 rings (SSSR count). The van der Waals surface area contributed by atoms with Gasteiger partial charge >= 0.3 is 0 Å². The second-order valence-corrected chi connectivity index (χ2v) is 6.64. The maximum Gasteiger partial charge on any atom is 0.215 e. The van der Waals surface area contributed by atoms with Crippen molar-refractivity contribution in [2.24, 2.45) is 11.3 Å². The Morgan fingerprint density at radius 2 is 2.10 bits per heavy atom. The van der Waals surface area contributed by atoms with Crippen molar-refractivity contribution in [3.63, 3.8) is 0 Å². The summed E-state index contributed by atoms with van der Waals surface area (Å²) in [6.45, 7) is 5.59. The van der Waals surface area contributed by atoms with Crippen molar-refractivity contribution in [1.29, 1.82) is 0 Å². The fourth-order valence-electron chi connectivity index (χ4n) is 2.98. The zero-order valence-corrected chi connectivity index (χ0v) is 13.7. The highest BCUT2D eigenvalue weighted by Crippen LogP contribution is 2.53. The van der Waals surface area contributed by atoms with Gasteiger partial charge in [0.25, 0.3) is 0 Å². The van der Waals surface area contributed by atoms with Crippen LogP contribution >= 0.6 is 11.6 Å². The number of imidazole rings is 1. The van der Waals surface area contributed by atoms with Crippen molar-refractivity contribution in [3.8, 4) is 5.88 Å². The van der Waals surface area contributed by atoms with Gasteiger partial charge in [-0.25, -0.2) is 4.98 Å². The molecule has 2 aromatic heterocycles. The molecular weight excluding hydrogens is 286 g/mol. The number of rotatable bonds is 6. The van der Waals surface area contributed by atoms with E-state index in [9.17, 15) is 0 Å². The fourth-order valence-corrected chi connectivity index (χ4v) is 3.15. The smallest absolute Gasteiger partial charge is 0.215 e. The van der Waals surface area contributed by atoms with Gasteiger partial charge < -0.3 is 9.30 Å². The Labute approximate surface area is 130 Å². The van der Waals surface area contributed by atoms with Gasteiger partial charge in [0, 0.05) is 24.9 Å². The maximum atomic E-state index is 5.95. The maximum absolute atomic E-state index is 5.95. The van der Waals surface area contributed by atoms with Crippen molar-refractivity contribution in [2.45, 2.75) is 39.7 Å². The molecule has 0 N–H and O–H groups in total. The summed E-state index contributed by atoms with van der Waals surface area (Å²) in [5, 5.41) is 0.